The van der Waals surface area contributed by atoms with Gasteiger partial charge in [-0.1, -0.05) is 6.08 Å². The van der Waals surface area contributed by atoms with Crippen LogP contribution in [-0.2, 0) is 4.79 Å². The number of aromatic nitrogens is 1. The highest BCUT2D eigenvalue weighted by Crippen LogP contribution is 2.24. The van der Waals surface area contributed by atoms with E-state index in [2.05, 4.69) is 34.2 Å². The molecule has 1 aromatic heterocycles. The van der Waals surface area contributed by atoms with Gasteiger partial charge in [0.15, 0.2) is 0 Å². The van der Waals surface area contributed by atoms with E-state index in [0.29, 0.717) is 6.42 Å². The van der Waals surface area contributed by atoms with Crippen LogP contribution in [-0.4, -0.2) is 17.4 Å². The lowest BCUT2D eigenvalue weighted by molar-refractivity contribution is -0.117. The molecular formula is C11H11IN2O. The molecule has 0 aromatic carbocycles. The third-order valence-corrected chi connectivity index (χ3v) is 3.15. The van der Waals surface area contributed by atoms with Crippen LogP contribution >= 0.6 is 22.6 Å². The molecule has 15 heavy (non-hydrogen) atoms. The Morgan fingerprint density at radius 1 is 1.60 bits per heavy atom. The van der Waals surface area contributed by atoms with E-state index in [0.717, 1.165) is 15.9 Å². The predicted molar refractivity (Wildman–Crippen MR) is 67.6 cm³/mol. The van der Waals surface area contributed by atoms with Crippen molar-refractivity contribution in [3.05, 3.63) is 34.7 Å². The van der Waals surface area contributed by atoms with Crippen LogP contribution in [0.1, 0.15) is 6.42 Å². The quantitative estimate of drug-likeness (QED) is 0.476. The number of hydrogen-bond donors (Lipinski definition) is 0. The highest BCUT2D eigenvalue weighted by Gasteiger charge is 2.28. The van der Waals surface area contributed by atoms with Gasteiger partial charge in [-0.15, -0.1) is 6.58 Å². The molecule has 1 fully saturated rings. The molecule has 2 heterocycles. The van der Waals surface area contributed by atoms with Gasteiger partial charge in [0.2, 0.25) is 5.91 Å². The van der Waals surface area contributed by atoms with Crippen LogP contribution in [0.15, 0.2) is 31.0 Å². The minimum absolute atomic E-state index is 0.155. The first-order valence-corrected chi connectivity index (χ1v) is 5.83. The van der Waals surface area contributed by atoms with E-state index in [-0.39, 0.29) is 11.8 Å². The molecule has 0 radical (unpaired) electrons. The van der Waals surface area contributed by atoms with Crippen molar-refractivity contribution < 1.29 is 4.79 Å². The largest absolute Gasteiger partial charge is 0.310 e. The number of amides is 1. The topological polar surface area (TPSA) is 33.2 Å². The molecule has 2 rings (SSSR count). The second-order valence-corrected chi connectivity index (χ2v) is 4.65. The normalized spacial score (nSPS) is 20.7. The number of rotatable bonds is 2. The van der Waals surface area contributed by atoms with E-state index in [9.17, 15) is 4.79 Å². The van der Waals surface area contributed by atoms with Crippen LogP contribution in [0.25, 0.3) is 0 Å². The molecule has 0 aliphatic carbocycles. The Kier molecular flexibility index (Phi) is 3.04. The lowest BCUT2D eigenvalue weighted by Gasteiger charge is -2.15. The van der Waals surface area contributed by atoms with E-state index < -0.39 is 0 Å². The molecule has 1 atom stereocenters. The summed E-state index contributed by atoms with van der Waals surface area (Å²) < 4.78 is 0.934. The molecule has 0 saturated carbocycles. The summed E-state index contributed by atoms with van der Waals surface area (Å²) in [5, 5.41) is 0. The van der Waals surface area contributed by atoms with Crippen molar-refractivity contribution in [1.82, 2.24) is 4.98 Å². The summed E-state index contributed by atoms with van der Waals surface area (Å²) in [7, 11) is 0. The Morgan fingerprint density at radius 3 is 2.93 bits per heavy atom. The first-order chi connectivity index (χ1) is 7.20. The minimum atomic E-state index is 0.155. The fraction of sp³-hybridized carbons (Fsp3) is 0.273. The molecule has 1 saturated heterocycles. The van der Waals surface area contributed by atoms with Gasteiger partial charge in [0.05, 0.1) is 11.9 Å². The van der Waals surface area contributed by atoms with Crippen molar-refractivity contribution in [1.29, 1.82) is 0 Å². The minimum Gasteiger partial charge on any atom is -0.310 e. The fourth-order valence-electron chi connectivity index (χ4n) is 1.67. The van der Waals surface area contributed by atoms with Gasteiger partial charge in [-0.3, -0.25) is 4.79 Å². The summed E-state index contributed by atoms with van der Waals surface area (Å²) in [6.07, 6.45) is 4.15. The molecule has 0 N–H and O–H groups in total. The predicted octanol–water partition coefficient (Wildman–Crippen LogP) is 2.23. The zero-order valence-electron chi connectivity index (χ0n) is 8.19. The summed E-state index contributed by atoms with van der Waals surface area (Å²) in [5.74, 6) is 0.430. The van der Waals surface area contributed by atoms with Gasteiger partial charge in [-0.2, -0.15) is 0 Å². The van der Waals surface area contributed by atoms with Crippen molar-refractivity contribution in [2.45, 2.75) is 6.42 Å². The van der Waals surface area contributed by atoms with Crippen LogP contribution < -0.4 is 4.90 Å². The molecule has 1 aliphatic heterocycles. The van der Waals surface area contributed by atoms with Crippen LogP contribution in [0, 0.1) is 9.62 Å². The van der Waals surface area contributed by atoms with Crippen LogP contribution in [0.4, 0.5) is 5.69 Å². The second kappa shape index (κ2) is 4.30. The van der Waals surface area contributed by atoms with E-state index in [1.807, 2.05) is 18.2 Å². The van der Waals surface area contributed by atoms with Gasteiger partial charge in [-0.25, -0.2) is 4.98 Å². The standard InChI is InChI=1S/C11H11IN2O/c1-2-8-5-11(15)14(7-8)9-3-4-10(12)13-6-9/h2-4,6,8H,1,5,7H2. The molecule has 4 heteroatoms. The van der Waals surface area contributed by atoms with Gasteiger partial charge < -0.3 is 4.90 Å². The van der Waals surface area contributed by atoms with Crippen LogP contribution in [0.5, 0.6) is 0 Å². The smallest absolute Gasteiger partial charge is 0.227 e. The maximum atomic E-state index is 11.7. The lowest BCUT2D eigenvalue weighted by atomic mass is 10.1. The molecule has 1 aromatic rings. The van der Waals surface area contributed by atoms with Crippen molar-refractivity contribution in [2.75, 3.05) is 11.4 Å². The van der Waals surface area contributed by atoms with E-state index in [4.69, 9.17) is 0 Å². The summed E-state index contributed by atoms with van der Waals surface area (Å²) in [5.41, 5.74) is 0.879. The Balaban J connectivity index is 2.21. The highest BCUT2D eigenvalue weighted by atomic mass is 127. The zero-order chi connectivity index (χ0) is 10.8. The summed E-state index contributed by atoms with van der Waals surface area (Å²) in [6.45, 7) is 4.45. The molecule has 0 bridgehead atoms. The number of anilines is 1. The molecule has 1 amide bonds. The lowest BCUT2D eigenvalue weighted by Crippen LogP contribution is -2.24. The van der Waals surface area contributed by atoms with Crippen molar-refractivity contribution in [2.24, 2.45) is 5.92 Å². The molecule has 78 valence electrons. The van der Waals surface area contributed by atoms with E-state index in [1.165, 1.54) is 0 Å². The average molecular weight is 314 g/mol. The Morgan fingerprint density at radius 2 is 2.40 bits per heavy atom. The molecular weight excluding hydrogens is 303 g/mol. The Hall–Kier alpha value is -0.910. The number of nitrogens with zero attached hydrogens (tertiary/aromatic N) is 2. The number of carbonyl (C=O) groups is 1. The Bertz CT molecular complexity index is 388. The third-order valence-electron chi connectivity index (χ3n) is 2.51. The zero-order valence-corrected chi connectivity index (χ0v) is 10.3. The first kappa shape index (κ1) is 10.6. The van der Waals surface area contributed by atoms with Crippen molar-refractivity contribution in [3.8, 4) is 0 Å². The third kappa shape index (κ3) is 2.19. The molecule has 3 nitrogen and oxygen atoms in total. The monoisotopic (exact) mass is 314 g/mol. The molecule has 1 unspecified atom stereocenters. The first-order valence-electron chi connectivity index (χ1n) is 4.75. The van der Waals surface area contributed by atoms with E-state index >= 15 is 0 Å². The maximum absolute atomic E-state index is 11.7. The summed E-state index contributed by atoms with van der Waals surface area (Å²) in [6, 6.07) is 3.84. The molecule has 0 spiro atoms. The number of pyridine rings is 1. The number of carbonyl (C=O) groups excluding carboxylic acids is 1. The maximum Gasteiger partial charge on any atom is 0.227 e. The number of hydrogen-bond acceptors (Lipinski definition) is 2. The van der Waals surface area contributed by atoms with E-state index in [1.54, 1.807) is 11.1 Å². The molecule has 1 aliphatic rings. The number of halogens is 1. The van der Waals surface area contributed by atoms with Crippen LogP contribution in [0.3, 0.4) is 0 Å². The fourth-order valence-corrected chi connectivity index (χ4v) is 1.99. The van der Waals surface area contributed by atoms with Gasteiger partial charge in [0.25, 0.3) is 0 Å². The second-order valence-electron chi connectivity index (χ2n) is 3.54. The van der Waals surface area contributed by atoms with Crippen LogP contribution in [0.2, 0.25) is 0 Å². The van der Waals surface area contributed by atoms with Gasteiger partial charge in [0.1, 0.15) is 3.70 Å². The average Bonchev–Trinajstić information content (AvgIpc) is 2.61. The van der Waals surface area contributed by atoms with Crippen molar-refractivity contribution >= 4 is 34.2 Å². The SMILES string of the molecule is C=CC1CC(=O)N(c2ccc(I)nc2)C1. The van der Waals surface area contributed by atoms with Gasteiger partial charge >= 0.3 is 0 Å². The summed E-state index contributed by atoms with van der Waals surface area (Å²) >= 11 is 2.15. The Labute approximate surface area is 102 Å². The summed E-state index contributed by atoms with van der Waals surface area (Å²) in [4.78, 5) is 17.6. The highest BCUT2D eigenvalue weighted by molar-refractivity contribution is 14.1. The van der Waals surface area contributed by atoms with Gasteiger partial charge in [0, 0.05) is 18.9 Å². The van der Waals surface area contributed by atoms with Crippen molar-refractivity contribution in [3.63, 3.8) is 0 Å². The van der Waals surface area contributed by atoms with Gasteiger partial charge in [-0.05, 0) is 34.7 Å².